The fourth-order valence-corrected chi connectivity index (χ4v) is 7.38. The number of aryl methyl sites for hydroxylation is 1. The first kappa shape index (κ1) is 29.0. The fraction of sp³-hybridized carbons (Fsp3) is 0.417. The maximum atomic E-state index is 13.6. The van der Waals surface area contributed by atoms with E-state index in [4.69, 9.17) is 4.74 Å². The molecule has 0 aliphatic carbocycles. The van der Waals surface area contributed by atoms with Gasteiger partial charge in [-0.1, -0.05) is 19.1 Å². The predicted molar refractivity (Wildman–Crippen MR) is 146 cm³/mol. The van der Waals surface area contributed by atoms with Crippen LogP contribution in [0.15, 0.2) is 57.5 Å². The van der Waals surface area contributed by atoms with Crippen molar-refractivity contribution in [3.8, 4) is 5.75 Å². The monoisotopic (exact) mass is 597 g/mol. The van der Waals surface area contributed by atoms with Crippen molar-refractivity contribution < 1.29 is 31.5 Å². The van der Waals surface area contributed by atoms with E-state index in [1.165, 1.54) is 53.3 Å². The molecule has 15 heteroatoms. The minimum Gasteiger partial charge on any atom is -0.486 e. The third-order valence-electron chi connectivity index (χ3n) is 6.49. The van der Waals surface area contributed by atoms with Crippen molar-refractivity contribution in [1.82, 2.24) is 18.8 Å². The number of nitrogens with one attached hydrogen (secondary N) is 1. The first-order valence-electron chi connectivity index (χ1n) is 12.1. The molecule has 1 aliphatic heterocycles. The number of aliphatic hydroxyl groups is 1. The molecule has 3 aromatic rings. The molecule has 0 saturated carbocycles. The van der Waals surface area contributed by atoms with Gasteiger partial charge in [-0.05, 0) is 30.5 Å². The van der Waals surface area contributed by atoms with Crippen molar-refractivity contribution in [2.75, 3.05) is 31.5 Å². The van der Waals surface area contributed by atoms with Gasteiger partial charge < -0.3 is 19.3 Å². The normalized spacial score (nSPS) is 19.2. The largest absolute Gasteiger partial charge is 0.486 e. The van der Waals surface area contributed by atoms with E-state index < -0.39 is 44.0 Å². The minimum absolute atomic E-state index is 0.0158. The number of hydrogen-bond donors (Lipinski definition) is 2. The Labute approximate surface area is 231 Å². The minimum atomic E-state index is -3.98. The number of hydrogen-bond acceptors (Lipinski definition) is 9. The molecule has 2 N–H and O–H groups in total. The number of para-hydroxylation sites is 1. The Morgan fingerprint density at radius 3 is 2.62 bits per heavy atom. The summed E-state index contributed by atoms with van der Waals surface area (Å²) in [6, 6.07) is 7.05. The van der Waals surface area contributed by atoms with Gasteiger partial charge in [-0.3, -0.25) is 9.52 Å². The molecule has 1 aliphatic rings. The van der Waals surface area contributed by atoms with Gasteiger partial charge in [-0.2, -0.15) is 4.31 Å². The van der Waals surface area contributed by atoms with Crippen LogP contribution in [0.1, 0.15) is 24.2 Å². The van der Waals surface area contributed by atoms with Crippen LogP contribution in [0.4, 0.5) is 5.69 Å². The number of amides is 1. The average Bonchev–Trinajstić information content (AvgIpc) is 3.59. The third kappa shape index (κ3) is 5.96. The summed E-state index contributed by atoms with van der Waals surface area (Å²) < 4.78 is 64.0. The second kappa shape index (κ2) is 11.3. The van der Waals surface area contributed by atoms with E-state index in [-0.39, 0.29) is 45.9 Å². The molecule has 12 nitrogen and oxygen atoms in total. The van der Waals surface area contributed by atoms with E-state index in [1.807, 2.05) is 0 Å². The molecule has 212 valence electrons. The maximum absolute atomic E-state index is 13.6. The van der Waals surface area contributed by atoms with Crippen LogP contribution in [0, 0.1) is 5.92 Å². The number of nitrogens with zero attached hydrogens (tertiary/aromatic N) is 4. The lowest BCUT2D eigenvalue weighted by Crippen LogP contribution is -2.50. The van der Waals surface area contributed by atoms with Gasteiger partial charge in [0.2, 0.25) is 0 Å². The maximum Gasteiger partial charge on any atom is 0.271 e. The molecule has 39 heavy (non-hydrogen) atoms. The molecule has 1 aromatic carbocycles. The summed E-state index contributed by atoms with van der Waals surface area (Å²) in [4.78, 5) is 19.1. The van der Waals surface area contributed by atoms with Crippen LogP contribution in [0.3, 0.4) is 0 Å². The van der Waals surface area contributed by atoms with Gasteiger partial charge >= 0.3 is 0 Å². The summed E-state index contributed by atoms with van der Waals surface area (Å²) in [5.41, 5.74) is 0.133. The highest BCUT2D eigenvalue weighted by Crippen LogP contribution is 2.36. The number of benzene rings is 1. The number of aliphatic hydroxyl groups excluding tert-OH is 1. The number of carbonyl (C=O) groups excluding carboxylic acids is 1. The van der Waals surface area contributed by atoms with E-state index >= 15 is 0 Å². The lowest BCUT2D eigenvalue weighted by Gasteiger charge is -2.38. The van der Waals surface area contributed by atoms with Gasteiger partial charge in [-0.25, -0.2) is 21.8 Å². The zero-order valence-corrected chi connectivity index (χ0v) is 24.3. The molecule has 3 heterocycles. The zero-order chi connectivity index (χ0) is 28.5. The summed E-state index contributed by atoms with van der Waals surface area (Å²) >= 11 is 1.04. The number of imidazole rings is 1. The number of likely N-dealkylation sites (N-methyl/N-ethyl adjacent to an activating group) is 1. The first-order valence-corrected chi connectivity index (χ1v) is 15.9. The number of fused-ring (bicyclic) bond motifs is 1. The molecule has 0 bridgehead atoms. The molecule has 0 spiro atoms. The van der Waals surface area contributed by atoms with Crippen molar-refractivity contribution in [2.24, 2.45) is 13.0 Å². The molecule has 1 amide bonds. The highest BCUT2D eigenvalue weighted by Gasteiger charge is 2.37. The number of ether oxygens (including phenoxy) is 1. The van der Waals surface area contributed by atoms with E-state index in [0.29, 0.717) is 0 Å². The van der Waals surface area contributed by atoms with Crippen LogP contribution in [-0.4, -0.2) is 85.5 Å². The van der Waals surface area contributed by atoms with Crippen LogP contribution in [0.2, 0.25) is 0 Å². The van der Waals surface area contributed by atoms with Crippen molar-refractivity contribution in [2.45, 2.75) is 35.2 Å². The van der Waals surface area contributed by atoms with Gasteiger partial charge in [0.1, 0.15) is 10.3 Å². The number of thiophene rings is 1. The van der Waals surface area contributed by atoms with Gasteiger partial charge in [0.25, 0.3) is 26.0 Å². The second-order valence-corrected chi connectivity index (χ2v) is 14.4. The number of rotatable bonds is 9. The van der Waals surface area contributed by atoms with E-state index in [1.54, 1.807) is 32.3 Å². The summed E-state index contributed by atoms with van der Waals surface area (Å²) in [5.74, 6) is -0.860. The zero-order valence-electron chi connectivity index (χ0n) is 21.9. The van der Waals surface area contributed by atoms with Crippen molar-refractivity contribution in [3.63, 3.8) is 0 Å². The average molecular weight is 598 g/mol. The van der Waals surface area contributed by atoms with Crippen molar-refractivity contribution in [1.29, 1.82) is 0 Å². The smallest absolute Gasteiger partial charge is 0.271 e. The van der Waals surface area contributed by atoms with Crippen LogP contribution in [0.25, 0.3) is 0 Å². The molecule has 0 radical (unpaired) electrons. The SMILES string of the molecule is C[C@@H]1CN([C@H](C)CO)C(=O)c2cccc(NS(=O)(=O)c3cccs3)c2O[C@@H]1CN(C)S(=O)(=O)c1cn(C)cn1. The molecular weight excluding hydrogens is 566 g/mol. The predicted octanol–water partition coefficient (Wildman–Crippen LogP) is 1.82. The standard InChI is InChI=1S/C24H31N5O7S3/c1-16-11-29(17(2)14-30)24(31)18-7-5-8-19(26-38(32,33)22-9-6-10-37-22)23(18)36-20(16)12-28(4)39(34,35)21-13-27(3)15-25-21/h5-10,13,15-17,20,26,30H,11-12,14H2,1-4H3/t16-,17-,20-/m1/s1. The van der Waals surface area contributed by atoms with Gasteiger partial charge in [0.05, 0.1) is 36.8 Å². The van der Waals surface area contributed by atoms with Crippen molar-refractivity contribution >= 4 is 43.0 Å². The first-order chi connectivity index (χ1) is 18.3. The van der Waals surface area contributed by atoms with Crippen LogP contribution < -0.4 is 9.46 Å². The fourth-order valence-electron chi connectivity index (χ4n) is 4.19. The Morgan fingerprint density at radius 2 is 2.00 bits per heavy atom. The summed E-state index contributed by atoms with van der Waals surface area (Å²) in [6.07, 6.45) is 1.99. The van der Waals surface area contributed by atoms with Crippen molar-refractivity contribution in [3.05, 3.63) is 53.8 Å². The number of sulfonamides is 2. The quantitative estimate of drug-likeness (QED) is 0.379. The molecule has 0 unspecified atom stereocenters. The third-order valence-corrected chi connectivity index (χ3v) is 11.0. The van der Waals surface area contributed by atoms with Gasteiger partial charge in [0.15, 0.2) is 10.8 Å². The molecule has 4 rings (SSSR count). The Bertz CT molecular complexity index is 1540. The Hall–Kier alpha value is -2.98. The highest BCUT2D eigenvalue weighted by atomic mass is 32.2. The topological polar surface area (TPSA) is 151 Å². The van der Waals surface area contributed by atoms with E-state index in [2.05, 4.69) is 9.71 Å². The summed E-state index contributed by atoms with van der Waals surface area (Å²) in [7, 11) is -4.87. The number of anilines is 1. The van der Waals surface area contributed by atoms with Crippen LogP contribution in [0.5, 0.6) is 5.75 Å². The molecule has 3 atom stereocenters. The Balaban J connectivity index is 1.76. The molecule has 2 aromatic heterocycles. The second-order valence-electron chi connectivity index (χ2n) is 9.51. The lowest BCUT2D eigenvalue weighted by molar-refractivity contribution is 0.0389. The molecule has 0 fully saturated rings. The summed E-state index contributed by atoms with van der Waals surface area (Å²) in [6.45, 7) is 3.27. The lowest BCUT2D eigenvalue weighted by atomic mass is 9.99. The van der Waals surface area contributed by atoms with Gasteiger partial charge in [-0.15, -0.1) is 11.3 Å². The van der Waals surface area contributed by atoms with E-state index in [9.17, 15) is 26.7 Å². The van der Waals surface area contributed by atoms with E-state index in [0.717, 1.165) is 15.6 Å². The van der Waals surface area contributed by atoms with Crippen LogP contribution >= 0.6 is 11.3 Å². The molecule has 0 saturated heterocycles. The summed E-state index contributed by atoms with van der Waals surface area (Å²) in [5, 5.41) is 11.4. The highest BCUT2D eigenvalue weighted by molar-refractivity contribution is 7.94. The van der Waals surface area contributed by atoms with Gasteiger partial charge in [0, 0.05) is 32.8 Å². The molecular formula is C24H31N5O7S3. The van der Waals surface area contributed by atoms with Crippen LogP contribution in [-0.2, 0) is 27.1 Å². The Morgan fingerprint density at radius 1 is 1.26 bits per heavy atom. The number of carbonyl (C=O) groups is 1. The Kier molecular flexibility index (Phi) is 8.37. The number of aromatic nitrogens is 2.